The summed E-state index contributed by atoms with van der Waals surface area (Å²) in [5.41, 5.74) is 0. The fraction of sp³-hybridized carbons (Fsp3) is 0.231. The molecule has 3 aromatic carbocycles. The Morgan fingerprint density at radius 2 is 1.89 bits per heavy atom. The summed E-state index contributed by atoms with van der Waals surface area (Å²) in [5.74, 6) is 0.694. The number of benzene rings is 3. The Balaban J connectivity index is 0.000000163. The number of rotatable bonds is 2. The third kappa shape index (κ3) is 3.29. The molecular formula is C13H14N2O3S. The van der Waals surface area contributed by atoms with Gasteiger partial charge >= 0.3 is 0 Å². The van der Waals surface area contributed by atoms with Gasteiger partial charge < -0.3 is 4.52 Å². The van der Waals surface area contributed by atoms with E-state index in [9.17, 15) is 8.42 Å². The molecule has 0 saturated carbocycles. The van der Waals surface area contributed by atoms with E-state index in [4.69, 9.17) is 0 Å². The molecule has 0 atom stereocenters. The molecular weight excluding hydrogens is 264 g/mol. The molecule has 4 aromatic rings. The third-order valence-electron chi connectivity index (χ3n) is 2.60. The van der Waals surface area contributed by atoms with Crippen LogP contribution in [0.3, 0.4) is 0 Å². The second-order valence-electron chi connectivity index (χ2n) is 4.09. The molecule has 0 amide bonds. The lowest BCUT2D eigenvalue weighted by molar-refractivity contribution is 0.381. The predicted molar refractivity (Wildman–Crippen MR) is 71.9 cm³/mol. The van der Waals surface area contributed by atoms with Crippen LogP contribution in [0.4, 0.5) is 0 Å². The van der Waals surface area contributed by atoms with Crippen LogP contribution in [0.1, 0.15) is 12.8 Å². The summed E-state index contributed by atoms with van der Waals surface area (Å²) in [5, 5.41) is 5.14. The van der Waals surface area contributed by atoms with Crippen LogP contribution in [0.25, 0.3) is 10.8 Å². The van der Waals surface area contributed by atoms with Crippen LogP contribution >= 0.6 is 0 Å². The summed E-state index contributed by atoms with van der Waals surface area (Å²) in [7, 11) is -3.06. The highest BCUT2D eigenvalue weighted by Crippen LogP contribution is 2.22. The number of sulfone groups is 1. The first kappa shape index (κ1) is 13.5. The SMILES string of the molecule is CCc1ncno1.CS(=O)(=O)c1cc2ccc1cc2. The van der Waals surface area contributed by atoms with Crippen molar-refractivity contribution < 1.29 is 12.9 Å². The molecule has 0 aliphatic rings. The largest absolute Gasteiger partial charge is 0.340 e. The number of hydrogen-bond donors (Lipinski definition) is 0. The Hall–Kier alpha value is -1.95. The van der Waals surface area contributed by atoms with Crippen molar-refractivity contribution in [2.75, 3.05) is 6.26 Å². The Bertz CT molecular complexity index is 716. The van der Waals surface area contributed by atoms with E-state index in [2.05, 4.69) is 14.7 Å². The van der Waals surface area contributed by atoms with Crippen molar-refractivity contribution in [1.82, 2.24) is 10.1 Å². The second-order valence-corrected chi connectivity index (χ2v) is 6.08. The lowest BCUT2D eigenvalue weighted by Gasteiger charge is -2.04. The van der Waals surface area contributed by atoms with E-state index < -0.39 is 9.84 Å². The topological polar surface area (TPSA) is 73.1 Å². The zero-order valence-corrected chi connectivity index (χ0v) is 11.5. The van der Waals surface area contributed by atoms with Crippen molar-refractivity contribution in [3.05, 3.63) is 42.5 Å². The van der Waals surface area contributed by atoms with Crippen LogP contribution in [0.2, 0.25) is 0 Å². The molecule has 0 aliphatic carbocycles. The maximum Gasteiger partial charge on any atom is 0.226 e. The molecule has 0 N–H and O–H groups in total. The van der Waals surface area contributed by atoms with Crippen LogP contribution in [-0.4, -0.2) is 24.8 Å². The van der Waals surface area contributed by atoms with Gasteiger partial charge in [-0.3, -0.25) is 0 Å². The van der Waals surface area contributed by atoms with Crippen molar-refractivity contribution in [1.29, 1.82) is 0 Å². The lowest BCUT2D eigenvalue weighted by Crippen LogP contribution is -1.98. The van der Waals surface area contributed by atoms with Crippen LogP contribution in [0.15, 0.2) is 46.1 Å². The van der Waals surface area contributed by atoms with Crippen LogP contribution in [0.5, 0.6) is 0 Å². The maximum atomic E-state index is 11.2. The Morgan fingerprint density at radius 1 is 1.21 bits per heavy atom. The molecule has 0 fully saturated rings. The average Bonchev–Trinajstić information content (AvgIpc) is 2.93. The van der Waals surface area contributed by atoms with Gasteiger partial charge in [-0.1, -0.05) is 36.3 Å². The molecule has 100 valence electrons. The average molecular weight is 278 g/mol. The monoisotopic (exact) mass is 278 g/mol. The van der Waals surface area contributed by atoms with E-state index in [-0.39, 0.29) is 0 Å². The number of nitrogens with zero attached hydrogens (tertiary/aromatic N) is 2. The first-order chi connectivity index (χ1) is 9.00. The van der Waals surface area contributed by atoms with Crippen molar-refractivity contribution in [3.8, 4) is 0 Å². The minimum absolute atomic E-state index is 0.433. The van der Waals surface area contributed by atoms with Gasteiger partial charge in [0.2, 0.25) is 5.89 Å². The zero-order chi connectivity index (χ0) is 13.9. The first-order valence-corrected chi connectivity index (χ1v) is 7.67. The van der Waals surface area contributed by atoms with E-state index >= 15 is 0 Å². The Morgan fingerprint density at radius 3 is 2.16 bits per heavy atom. The smallest absolute Gasteiger partial charge is 0.226 e. The van der Waals surface area contributed by atoms with Gasteiger partial charge in [-0.05, 0) is 16.8 Å². The molecule has 1 heterocycles. The predicted octanol–water partition coefficient (Wildman–Crippen LogP) is 2.31. The summed E-state index contributed by atoms with van der Waals surface area (Å²) in [6, 6.07) is 9.16. The van der Waals surface area contributed by atoms with E-state index in [1.165, 1.54) is 12.6 Å². The molecule has 5 nitrogen and oxygen atoms in total. The second kappa shape index (κ2) is 5.36. The third-order valence-corrected chi connectivity index (χ3v) is 3.75. The van der Waals surface area contributed by atoms with Crippen LogP contribution < -0.4 is 0 Å². The van der Waals surface area contributed by atoms with Crippen LogP contribution in [0, 0.1) is 0 Å². The minimum Gasteiger partial charge on any atom is -0.340 e. The van der Waals surface area contributed by atoms with Gasteiger partial charge in [0, 0.05) is 12.7 Å². The van der Waals surface area contributed by atoms with Crippen LogP contribution in [-0.2, 0) is 16.3 Å². The quantitative estimate of drug-likeness (QED) is 0.719. The highest BCUT2D eigenvalue weighted by molar-refractivity contribution is 7.91. The van der Waals surface area contributed by atoms with Gasteiger partial charge in [-0.2, -0.15) is 4.98 Å². The Labute approximate surface area is 111 Å². The van der Waals surface area contributed by atoms with Gasteiger partial charge in [0.1, 0.15) is 0 Å². The number of fused-ring (bicyclic) bond motifs is 3. The molecule has 0 aliphatic heterocycles. The Kier molecular flexibility index (Phi) is 3.80. The fourth-order valence-corrected chi connectivity index (χ4v) is 2.57. The highest BCUT2D eigenvalue weighted by Gasteiger charge is 2.10. The normalized spacial score (nSPS) is 11.3. The van der Waals surface area contributed by atoms with Crippen molar-refractivity contribution in [2.24, 2.45) is 0 Å². The van der Waals surface area contributed by atoms with Crippen molar-refractivity contribution in [3.63, 3.8) is 0 Å². The van der Waals surface area contributed by atoms with Gasteiger partial charge in [0.05, 0.1) is 4.90 Å². The summed E-state index contributed by atoms with van der Waals surface area (Å²) >= 11 is 0. The molecule has 0 saturated heterocycles. The molecule has 2 bridgehead atoms. The molecule has 6 heteroatoms. The molecule has 0 spiro atoms. The minimum atomic E-state index is -3.06. The van der Waals surface area contributed by atoms with E-state index in [1.54, 1.807) is 6.07 Å². The fourth-order valence-electron chi connectivity index (χ4n) is 1.65. The van der Waals surface area contributed by atoms with Gasteiger partial charge in [0.25, 0.3) is 0 Å². The summed E-state index contributed by atoms with van der Waals surface area (Å²) < 4.78 is 27.0. The van der Waals surface area contributed by atoms with E-state index in [0.29, 0.717) is 10.8 Å². The van der Waals surface area contributed by atoms with Crippen molar-refractivity contribution in [2.45, 2.75) is 18.2 Å². The van der Waals surface area contributed by atoms with Gasteiger partial charge in [-0.25, -0.2) is 8.42 Å². The van der Waals surface area contributed by atoms with Gasteiger partial charge in [0.15, 0.2) is 16.2 Å². The molecule has 0 radical (unpaired) electrons. The summed E-state index contributed by atoms with van der Waals surface area (Å²) in [6.45, 7) is 1.97. The zero-order valence-electron chi connectivity index (χ0n) is 10.7. The molecule has 0 unspecified atom stereocenters. The molecule has 4 rings (SSSR count). The summed E-state index contributed by atoms with van der Waals surface area (Å²) in [6.07, 6.45) is 3.45. The molecule has 19 heavy (non-hydrogen) atoms. The van der Waals surface area contributed by atoms with E-state index in [0.717, 1.165) is 17.2 Å². The van der Waals surface area contributed by atoms with Crippen molar-refractivity contribution >= 4 is 20.6 Å². The van der Waals surface area contributed by atoms with E-state index in [1.807, 2.05) is 31.2 Å². The molecule has 1 aromatic heterocycles. The maximum absolute atomic E-state index is 11.2. The lowest BCUT2D eigenvalue weighted by atomic mass is 10.1. The van der Waals surface area contributed by atoms with Gasteiger partial charge in [-0.15, -0.1) is 0 Å². The number of aromatic nitrogens is 2. The first-order valence-electron chi connectivity index (χ1n) is 5.78. The number of hydrogen-bond acceptors (Lipinski definition) is 5. The highest BCUT2D eigenvalue weighted by atomic mass is 32.2. The number of aryl methyl sites for hydroxylation is 1. The summed E-state index contributed by atoms with van der Waals surface area (Å²) in [4.78, 5) is 4.19. The standard InChI is InChI=1S/C9H8O2S.C4H6N2O/c1-12(10,11)9-6-7-2-4-8(9)5-3-7;1-2-4-5-3-6-7-4/h2-6H,1H3;3H,2H2,1H3.